The van der Waals surface area contributed by atoms with Crippen molar-refractivity contribution < 1.29 is 0 Å². The fourth-order valence-electron chi connectivity index (χ4n) is 2.09. The molecular weight excluding hydrogens is 242 g/mol. The minimum absolute atomic E-state index is 0.147. The van der Waals surface area contributed by atoms with Crippen molar-refractivity contribution in [1.29, 1.82) is 5.26 Å². The zero-order valence-electron chi connectivity index (χ0n) is 10.2. The van der Waals surface area contributed by atoms with Gasteiger partial charge in [0.1, 0.15) is 0 Å². The third kappa shape index (κ3) is 2.72. The van der Waals surface area contributed by atoms with E-state index < -0.39 is 0 Å². The zero-order valence-corrected chi connectivity index (χ0v) is 11.0. The van der Waals surface area contributed by atoms with Crippen molar-refractivity contribution in [3.8, 4) is 6.07 Å². The number of hydrogen-bond donors (Lipinski definition) is 0. The summed E-state index contributed by atoms with van der Waals surface area (Å²) in [5.41, 5.74) is 3.25. The maximum absolute atomic E-state index is 9.36. The lowest BCUT2D eigenvalue weighted by molar-refractivity contribution is 0.841. The van der Waals surface area contributed by atoms with E-state index in [0.717, 1.165) is 21.7 Å². The second-order valence-corrected chi connectivity index (χ2v) is 4.74. The van der Waals surface area contributed by atoms with Gasteiger partial charge in [-0.05, 0) is 36.1 Å². The normalized spacial score (nSPS) is 11.8. The number of benzene rings is 2. The molecule has 90 valence electrons. The van der Waals surface area contributed by atoms with Crippen LogP contribution in [0, 0.1) is 18.3 Å². The highest BCUT2D eigenvalue weighted by Crippen LogP contribution is 2.26. The van der Waals surface area contributed by atoms with Crippen LogP contribution >= 0.6 is 11.6 Å². The Morgan fingerprint density at radius 2 is 1.78 bits per heavy atom. The molecule has 18 heavy (non-hydrogen) atoms. The molecule has 2 rings (SSSR count). The van der Waals surface area contributed by atoms with Gasteiger partial charge in [-0.1, -0.05) is 54.1 Å². The first-order valence-electron chi connectivity index (χ1n) is 5.91. The summed E-state index contributed by atoms with van der Waals surface area (Å²) < 4.78 is 0. The molecule has 1 unspecified atom stereocenters. The first-order chi connectivity index (χ1) is 8.72. The molecule has 0 saturated heterocycles. The first-order valence-corrected chi connectivity index (χ1v) is 6.28. The Bertz CT molecular complexity index is 584. The van der Waals surface area contributed by atoms with Crippen LogP contribution in [-0.4, -0.2) is 0 Å². The Hall–Kier alpha value is -1.78. The molecule has 0 radical (unpaired) electrons. The molecule has 2 heteroatoms. The van der Waals surface area contributed by atoms with E-state index in [2.05, 4.69) is 6.07 Å². The van der Waals surface area contributed by atoms with Crippen molar-refractivity contribution in [2.45, 2.75) is 19.3 Å². The summed E-state index contributed by atoms with van der Waals surface area (Å²) in [7, 11) is 0. The summed E-state index contributed by atoms with van der Waals surface area (Å²) in [6, 6.07) is 18.1. The topological polar surface area (TPSA) is 23.8 Å². The molecule has 0 aliphatic carbocycles. The molecule has 1 atom stereocenters. The molecule has 0 bridgehead atoms. The van der Waals surface area contributed by atoms with Gasteiger partial charge < -0.3 is 0 Å². The fourth-order valence-corrected chi connectivity index (χ4v) is 2.30. The lowest BCUT2D eigenvalue weighted by Gasteiger charge is -2.13. The van der Waals surface area contributed by atoms with Gasteiger partial charge in [0, 0.05) is 5.02 Å². The van der Waals surface area contributed by atoms with Gasteiger partial charge in [0.25, 0.3) is 0 Å². The maximum atomic E-state index is 9.36. The van der Waals surface area contributed by atoms with Crippen molar-refractivity contribution in [1.82, 2.24) is 0 Å². The average Bonchev–Trinajstić information content (AvgIpc) is 2.39. The van der Waals surface area contributed by atoms with Crippen LogP contribution in [0.3, 0.4) is 0 Å². The molecule has 0 fully saturated rings. The highest BCUT2D eigenvalue weighted by Gasteiger charge is 2.14. The predicted molar refractivity (Wildman–Crippen MR) is 74.7 cm³/mol. The fraction of sp³-hybridized carbons (Fsp3) is 0.188. The van der Waals surface area contributed by atoms with Gasteiger partial charge in [-0.2, -0.15) is 5.26 Å². The van der Waals surface area contributed by atoms with Crippen LogP contribution in [0.1, 0.15) is 22.6 Å². The van der Waals surface area contributed by atoms with Crippen molar-refractivity contribution >= 4 is 11.6 Å². The number of nitriles is 1. The highest BCUT2D eigenvalue weighted by atomic mass is 35.5. The average molecular weight is 256 g/mol. The quantitative estimate of drug-likeness (QED) is 0.792. The van der Waals surface area contributed by atoms with Gasteiger partial charge in [0.15, 0.2) is 0 Å². The third-order valence-electron chi connectivity index (χ3n) is 3.10. The Morgan fingerprint density at radius 1 is 1.11 bits per heavy atom. The summed E-state index contributed by atoms with van der Waals surface area (Å²) >= 11 is 6.14. The van der Waals surface area contributed by atoms with E-state index in [1.807, 2.05) is 55.5 Å². The van der Waals surface area contributed by atoms with Crippen molar-refractivity contribution in [3.63, 3.8) is 0 Å². The molecule has 2 aromatic rings. The van der Waals surface area contributed by atoms with Crippen LogP contribution in [0.4, 0.5) is 0 Å². The van der Waals surface area contributed by atoms with E-state index in [1.54, 1.807) is 0 Å². The highest BCUT2D eigenvalue weighted by molar-refractivity contribution is 6.31. The smallest absolute Gasteiger partial charge is 0.0756 e. The third-order valence-corrected chi connectivity index (χ3v) is 3.47. The molecule has 0 N–H and O–H groups in total. The Kier molecular flexibility index (Phi) is 4.02. The second kappa shape index (κ2) is 5.71. The summed E-state index contributed by atoms with van der Waals surface area (Å²) in [5, 5.41) is 10.1. The molecule has 1 nitrogen and oxygen atoms in total. The standard InChI is InChI=1S/C16H14ClN/c1-12-6-2-4-8-15(12)14(11-18)10-13-7-3-5-9-16(13)17/h2-9,14H,10H2,1H3. The molecule has 0 spiro atoms. The summed E-state index contributed by atoms with van der Waals surface area (Å²) in [5.74, 6) is -0.147. The van der Waals surface area contributed by atoms with Crippen molar-refractivity contribution in [2.24, 2.45) is 0 Å². The SMILES string of the molecule is Cc1ccccc1C(C#N)Cc1ccccc1Cl. The first kappa shape index (κ1) is 12.7. The van der Waals surface area contributed by atoms with Crippen molar-refractivity contribution in [2.75, 3.05) is 0 Å². The van der Waals surface area contributed by atoms with E-state index in [-0.39, 0.29) is 5.92 Å². The monoisotopic (exact) mass is 255 g/mol. The molecule has 0 heterocycles. The molecule has 0 aliphatic rings. The minimum atomic E-state index is -0.147. The summed E-state index contributed by atoms with van der Waals surface area (Å²) in [4.78, 5) is 0. The van der Waals surface area contributed by atoms with Gasteiger partial charge in [-0.3, -0.25) is 0 Å². The lowest BCUT2D eigenvalue weighted by atomic mass is 9.90. The number of hydrogen-bond acceptors (Lipinski definition) is 1. The largest absolute Gasteiger partial charge is 0.198 e. The van der Waals surface area contributed by atoms with Crippen LogP contribution in [0.15, 0.2) is 48.5 Å². The van der Waals surface area contributed by atoms with E-state index >= 15 is 0 Å². The molecule has 0 amide bonds. The zero-order chi connectivity index (χ0) is 13.0. The number of halogens is 1. The molecule has 0 aromatic heterocycles. The van der Waals surface area contributed by atoms with Crippen LogP contribution in [0.25, 0.3) is 0 Å². The van der Waals surface area contributed by atoms with Gasteiger partial charge >= 0.3 is 0 Å². The Balaban J connectivity index is 2.30. The number of nitrogens with zero attached hydrogens (tertiary/aromatic N) is 1. The second-order valence-electron chi connectivity index (χ2n) is 4.33. The Labute approximate surface area is 113 Å². The predicted octanol–water partition coefficient (Wildman–Crippen LogP) is 4.50. The van der Waals surface area contributed by atoms with Crippen LogP contribution in [-0.2, 0) is 6.42 Å². The molecule has 2 aromatic carbocycles. The van der Waals surface area contributed by atoms with Gasteiger partial charge in [0.05, 0.1) is 12.0 Å². The van der Waals surface area contributed by atoms with Crippen molar-refractivity contribution in [3.05, 3.63) is 70.2 Å². The molecule has 0 saturated carbocycles. The van der Waals surface area contributed by atoms with Crippen LogP contribution in [0.2, 0.25) is 5.02 Å². The summed E-state index contributed by atoms with van der Waals surface area (Å²) in [6.07, 6.45) is 0.654. The van der Waals surface area contributed by atoms with Gasteiger partial charge in [-0.15, -0.1) is 0 Å². The number of rotatable bonds is 3. The summed E-state index contributed by atoms with van der Waals surface area (Å²) in [6.45, 7) is 2.03. The van der Waals surface area contributed by atoms with E-state index in [1.165, 1.54) is 0 Å². The van der Waals surface area contributed by atoms with Crippen LogP contribution in [0.5, 0.6) is 0 Å². The number of aryl methyl sites for hydroxylation is 1. The lowest BCUT2D eigenvalue weighted by Crippen LogP contribution is -2.03. The van der Waals surface area contributed by atoms with E-state index in [4.69, 9.17) is 11.6 Å². The minimum Gasteiger partial charge on any atom is -0.198 e. The maximum Gasteiger partial charge on any atom is 0.0756 e. The molecule has 0 aliphatic heterocycles. The molecular formula is C16H14ClN. The van der Waals surface area contributed by atoms with Gasteiger partial charge in [-0.25, -0.2) is 0 Å². The van der Waals surface area contributed by atoms with Gasteiger partial charge in [0.2, 0.25) is 0 Å². The van der Waals surface area contributed by atoms with E-state index in [9.17, 15) is 5.26 Å². The van der Waals surface area contributed by atoms with Crippen LogP contribution < -0.4 is 0 Å². The van der Waals surface area contributed by atoms with E-state index in [0.29, 0.717) is 6.42 Å². The Morgan fingerprint density at radius 3 is 2.44 bits per heavy atom.